The van der Waals surface area contributed by atoms with Crippen LogP contribution in [-0.4, -0.2) is 23.3 Å². The summed E-state index contributed by atoms with van der Waals surface area (Å²) >= 11 is 0. The third kappa shape index (κ3) is 4.13. The summed E-state index contributed by atoms with van der Waals surface area (Å²) in [6, 6.07) is 9.50. The van der Waals surface area contributed by atoms with Crippen molar-refractivity contribution in [2.45, 2.75) is 32.5 Å². The lowest BCUT2D eigenvalue weighted by atomic mass is 10.1. The largest absolute Gasteiger partial charge is 0.479 e. The van der Waals surface area contributed by atoms with Crippen molar-refractivity contribution < 1.29 is 14.6 Å². The highest BCUT2D eigenvalue weighted by atomic mass is 16.5. The smallest absolute Gasteiger partial charge is 0.333 e. The first-order chi connectivity index (χ1) is 7.09. The summed E-state index contributed by atoms with van der Waals surface area (Å²) in [4.78, 5) is 10.9. The molecule has 3 heteroatoms. The van der Waals surface area contributed by atoms with Gasteiger partial charge in [-0.25, -0.2) is 4.79 Å². The second-order valence-electron chi connectivity index (χ2n) is 3.70. The highest BCUT2D eigenvalue weighted by Gasteiger charge is 2.19. The number of hydrogen-bond acceptors (Lipinski definition) is 2. The van der Waals surface area contributed by atoms with Crippen LogP contribution in [0.3, 0.4) is 0 Å². The monoisotopic (exact) mass is 208 g/mol. The molecular formula is C12H16O3. The lowest BCUT2D eigenvalue weighted by Gasteiger charge is -2.16. The van der Waals surface area contributed by atoms with Gasteiger partial charge in [-0.2, -0.15) is 0 Å². The second kappa shape index (κ2) is 5.51. The molecule has 0 heterocycles. The Balaban J connectivity index is 2.63. The molecule has 0 saturated carbocycles. The molecule has 15 heavy (non-hydrogen) atoms. The van der Waals surface area contributed by atoms with E-state index in [-0.39, 0.29) is 6.10 Å². The van der Waals surface area contributed by atoms with Crippen molar-refractivity contribution in [1.82, 2.24) is 0 Å². The topological polar surface area (TPSA) is 46.5 Å². The van der Waals surface area contributed by atoms with Crippen LogP contribution in [-0.2, 0) is 16.0 Å². The van der Waals surface area contributed by atoms with Crippen LogP contribution < -0.4 is 0 Å². The van der Waals surface area contributed by atoms with E-state index in [0.29, 0.717) is 6.42 Å². The second-order valence-corrected chi connectivity index (χ2v) is 3.70. The highest BCUT2D eigenvalue weighted by Crippen LogP contribution is 2.08. The first kappa shape index (κ1) is 11.7. The Labute approximate surface area is 89.7 Å². The van der Waals surface area contributed by atoms with Crippen molar-refractivity contribution in [2.75, 3.05) is 0 Å². The maximum atomic E-state index is 10.9. The van der Waals surface area contributed by atoms with Crippen LogP contribution >= 0.6 is 0 Å². The molecule has 0 aliphatic heterocycles. The van der Waals surface area contributed by atoms with E-state index >= 15 is 0 Å². The van der Waals surface area contributed by atoms with Gasteiger partial charge < -0.3 is 9.84 Å². The van der Waals surface area contributed by atoms with Gasteiger partial charge >= 0.3 is 5.97 Å². The molecule has 1 aromatic carbocycles. The van der Waals surface area contributed by atoms with E-state index in [1.165, 1.54) is 0 Å². The Morgan fingerprint density at radius 3 is 2.40 bits per heavy atom. The number of benzene rings is 1. The number of carbonyl (C=O) groups is 1. The molecule has 0 fully saturated rings. The zero-order valence-electron chi connectivity index (χ0n) is 9.01. The number of rotatable bonds is 5. The number of carboxylic acid groups (broad SMARTS) is 1. The van der Waals surface area contributed by atoms with Gasteiger partial charge in [-0.3, -0.25) is 0 Å². The molecule has 1 rings (SSSR count). The molecule has 0 radical (unpaired) electrons. The van der Waals surface area contributed by atoms with E-state index in [0.717, 1.165) is 5.56 Å². The maximum Gasteiger partial charge on any atom is 0.333 e. The van der Waals surface area contributed by atoms with Gasteiger partial charge in [-0.05, 0) is 19.4 Å². The van der Waals surface area contributed by atoms with Gasteiger partial charge in [-0.1, -0.05) is 30.3 Å². The number of carboxylic acids is 1. The maximum absolute atomic E-state index is 10.9. The van der Waals surface area contributed by atoms with E-state index in [4.69, 9.17) is 9.84 Å². The SMILES string of the molecule is CC(C)O[C@H](Cc1ccccc1)C(=O)O. The van der Waals surface area contributed by atoms with Gasteiger partial charge in [0.1, 0.15) is 0 Å². The van der Waals surface area contributed by atoms with Gasteiger partial charge in [0.25, 0.3) is 0 Å². The third-order valence-electron chi connectivity index (χ3n) is 1.98. The molecule has 82 valence electrons. The van der Waals surface area contributed by atoms with E-state index in [1.807, 2.05) is 44.2 Å². The van der Waals surface area contributed by atoms with Crippen LogP contribution in [0.5, 0.6) is 0 Å². The Morgan fingerprint density at radius 1 is 1.33 bits per heavy atom. The molecule has 0 unspecified atom stereocenters. The van der Waals surface area contributed by atoms with Gasteiger partial charge in [0, 0.05) is 6.42 Å². The minimum Gasteiger partial charge on any atom is -0.479 e. The summed E-state index contributed by atoms with van der Waals surface area (Å²) in [5.74, 6) is -0.910. The zero-order valence-corrected chi connectivity index (χ0v) is 9.01. The van der Waals surface area contributed by atoms with E-state index in [2.05, 4.69) is 0 Å². The minimum atomic E-state index is -0.910. The summed E-state index contributed by atoms with van der Waals surface area (Å²) in [5, 5.41) is 8.96. The summed E-state index contributed by atoms with van der Waals surface area (Å²) in [7, 11) is 0. The molecule has 3 nitrogen and oxygen atoms in total. The van der Waals surface area contributed by atoms with Gasteiger partial charge in [0.15, 0.2) is 6.10 Å². The van der Waals surface area contributed by atoms with E-state index < -0.39 is 12.1 Å². The van der Waals surface area contributed by atoms with Crippen LogP contribution in [0.4, 0.5) is 0 Å². The Bertz CT molecular complexity index is 306. The third-order valence-corrected chi connectivity index (χ3v) is 1.98. The van der Waals surface area contributed by atoms with Gasteiger partial charge in [-0.15, -0.1) is 0 Å². The molecule has 0 spiro atoms. The first-order valence-electron chi connectivity index (χ1n) is 5.01. The molecule has 1 N–H and O–H groups in total. The summed E-state index contributed by atoms with van der Waals surface area (Å²) in [6.45, 7) is 3.67. The predicted molar refractivity (Wildman–Crippen MR) is 57.8 cm³/mol. The lowest BCUT2D eigenvalue weighted by Crippen LogP contribution is -2.29. The molecule has 1 aromatic rings. The van der Waals surface area contributed by atoms with Crippen LogP contribution in [0.1, 0.15) is 19.4 Å². The van der Waals surface area contributed by atoms with E-state index in [1.54, 1.807) is 0 Å². The average molecular weight is 208 g/mol. The molecule has 0 aliphatic rings. The van der Waals surface area contributed by atoms with Crippen LogP contribution in [0.15, 0.2) is 30.3 Å². The summed E-state index contributed by atoms with van der Waals surface area (Å²) in [5.41, 5.74) is 0.977. The molecule has 0 aromatic heterocycles. The van der Waals surface area contributed by atoms with Crippen LogP contribution in [0.25, 0.3) is 0 Å². The van der Waals surface area contributed by atoms with Crippen molar-refractivity contribution in [3.63, 3.8) is 0 Å². The van der Waals surface area contributed by atoms with Crippen molar-refractivity contribution in [2.24, 2.45) is 0 Å². The van der Waals surface area contributed by atoms with Gasteiger partial charge in [0.2, 0.25) is 0 Å². The minimum absolute atomic E-state index is 0.0742. The van der Waals surface area contributed by atoms with E-state index in [9.17, 15) is 4.79 Å². The first-order valence-corrected chi connectivity index (χ1v) is 5.01. The lowest BCUT2D eigenvalue weighted by molar-refractivity contribution is -0.153. The molecular weight excluding hydrogens is 192 g/mol. The normalized spacial score (nSPS) is 12.7. The highest BCUT2D eigenvalue weighted by molar-refractivity contribution is 5.72. The fourth-order valence-electron chi connectivity index (χ4n) is 1.35. The standard InChI is InChI=1S/C12H16O3/c1-9(2)15-11(12(13)14)8-10-6-4-3-5-7-10/h3-7,9,11H,8H2,1-2H3,(H,13,14)/t11-/m1/s1. The summed E-state index contributed by atoms with van der Waals surface area (Å²) < 4.78 is 5.32. The van der Waals surface area contributed by atoms with Crippen molar-refractivity contribution in [3.05, 3.63) is 35.9 Å². The number of aliphatic carboxylic acids is 1. The average Bonchev–Trinajstić information content (AvgIpc) is 2.17. The quantitative estimate of drug-likeness (QED) is 0.806. The van der Waals surface area contributed by atoms with Crippen LogP contribution in [0.2, 0.25) is 0 Å². The molecule has 1 atom stereocenters. The van der Waals surface area contributed by atoms with Crippen molar-refractivity contribution >= 4 is 5.97 Å². The van der Waals surface area contributed by atoms with Crippen molar-refractivity contribution in [3.8, 4) is 0 Å². The Hall–Kier alpha value is -1.35. The van der Waals surface area contributed by atoms with Crippen LogP contribution in [0, 0.1) is 0 Å². The predicted octanol–water partition coefficient (Wildman–Crippen LogP) is 2.11. The number of ether oxygens (including phenoxy) is 1. The fourth-order valence-corrected chi connectivity index (χ4v) is 1.35. The number of hydrogen-bond donors (Lipinski definition) is 1. The Kier molecular flexibility index (Phi) is 4.31. The van der Waals surface area contributed by atoms with Gasteiger partial charge in [0.05, 0.1) is 6.10 Å². The molecule has 0 saturated heterocycles. The molecule has 0 aliphatic carbocycles. The zero-order chi connectivity index (χ0) is 11.3. The molecule has 0 amide bonds. The molecule has 0 bridgehead atoms. The Morgan fingerprint density at radius 2 is 1.93 bits per heavy atom. The fraction of sp³-hybridized carbons (Fsp3) is 0.417. The summed E-state index contributed by atoms with van der Waals surface area (Å²) in [6.07, 6.45) is -0.420. The van der Waals surface area contributed by atoms with Crippen molar-refractivity contribution in [1.29, 1.82) is 0 Å².